The van der Waals surface area contributed by atoms with Crippen LogP contribution in [0.4, 0.5) is 0 Å². The van der Waals surface area contributed by atoms with Gasteiger partial charge < -0.3 is 5.11 Å². The highest BCUT2D eigenvalue weighted by molar-refractivity contribution is 7.98. The van der Waals surface area contributed by atoms with Crippen LogP contribution >= 0.6 is 24.4 Å². The Labute approximate surface area is 64.4 Å². The Morgan fingerprint density at radius 3 is 2.78 bits per heavy atom. The van der Waals surface area contributed by atoms with Crippen molar-refractivity contribution in [3.63, 3.8) is 0 Å². The number of carboxylic acids is 1. The Balaban J connectivity index is 3.27. The van der Waals surface area contributed by atoms with Gasteiger partial charge in [0.05, 0.1) is 0 Å². The minimum atomic E-state index is -0.826. The molecule has 1 unspecified atom stereocenters. The second kappa shape index (κ2) is 4.99. The molecule has 0 aliphatic heterocycles. The van der Waals surface area contributed by atoms with Crippen LogP contribution in [-0.2, 0) is 4.79 Å². The fourth-order valence-corrected chi connectivity index (χ4v) is 1.13. The predicted octanol–water partition coefficient (Wildman–Crippen LogP) is 1.12. The first-order valence-corrected chi connectivity index (χ1v) is 4.49. The van der Waals surface area contributed by atoms with E-state index < -0.39 is 11.2 Å². The highest BCUT2D eigenvalue weighted by Crippen LogP contribution is 2.05. The molecule has 0 heterocycles. The van der Waals surface area contributed by atoms with E-state index in [2.05, 4.69) is 12.6 Å². The summed E-state index contributed by atoms with van der Waals surface area (Å²) < 4.78 is 0. The van der Waals surface area contributed by atoms with E-state index in [1.165, 1.54) is 0 Å². The molecule has 0 saturated heterocycles. The van der Waals surface area contributed by atoms with Crippen LogP contribution in [0, 0.1) is 0 Å². The largest absolute Gasteiger partial charge is 0.480 e. The average Bonchev–Trinajstić information content (AvgIpc) is 1.82. The maximum atomic E-state index is 10.1. The van der Waals surface area contributed by atoms with Gasteiger partial charge in [-0.25, -0.2) is 0 Å². The third kappa shape index (κ3) is 4.66. The van der Waals surface area contributed by atoms with E-state index in [1.807, 2.05) is 6.26 Å². The van der Waals surface area contributed by atoms with Crippen LogP contribution in [0.2, 0.25) is 0 Å². The van der Waals surface area contributed by atoms with E-state index in [9.17, 15) is 4.79 Å². The molecule has 2 nitrogen and oxygen atoms in total. The van der Waals surface area contributed by atoms with Crippen molar-refractivity contribution in [2.75, 3.05) is 12.0 Å². The summed E-state index contributed by atoms with van der Waals surface area (Å²) in [6.07, 6.45) is 2.59. The number of hydrogen-bond acceptors (Lipinski definition) is 3. The minimum Gasteiger partial charge on any atom is -0.480 e. The van der Waals surface area contributed by atoms with E-state index in [0.717, 1.165) is 5.75 Å². The molecular weight excluding hydrogens is 156 g/mol. The van der Waals surface area contributed by atoms with Crippen LogP contribution in [0.15, 0.2) is 0 Å². The molecule has 1 N–H and O–H groups in total. The lowest BCUT2D eigenvalue weighted by Gasteiger charge is -2.01. The molecule has 0 aromatic heterocycles. The van der Waals surface area contributed by atoms with Gasteiger partial charge in [0.15, 0.2) is 0 Å². The van der Waals surface area contributed by atoms with E-state index in [0.29, 0.717) is 6.42 Å². The molecule has 0 aliphatic rings. The van der Waals surface area contributed by atoms with Gasteiger partial charge in [0.2, 0.25) is 0 Å². The van der Waals surface area contributed by atoms with Crippen molar-refractivity contribution in [3.8, 4) is 0 Å². The van der Waals surface area contributed by atoms with Crippen LogP contribution in [0.25, 0.3) is 0 Å². The van der Waals surface area contributed by atoms with Gasteiger partial charge >= 0.3 is 5.97 Å². The summed E-state index contributed by atoms with van der Waals surface area (Å²) in [4.78, 5) is 10.1. The zero-order valence-corrected chi connectivity index (χ0v) is 6.91. The van der Waals surface area contributed by atoms with E-state index in [1.54, 1.807) is 11.8 Å². The van der Waals surface area contributed by atoms with Crippen LogP contribution in [-0.4, -0.2) is 28.3 Å². The Bertz CT molecular complexity index is 95.0. The molecule has 0 rings (SSSR count). The van der Waals surface area contributed by atoms with Crippen LogP contribution < -0.4 is 0 Å². The lowest BCUT2D eigenvalue weighted by Crippen LogP contribution is -2.13. The first-order valence-electron chi connectivity index (χ1n) is 2.58. The summed E-state index contributed by atoms with van der Waals surface area (Å²) in [6, 6.07) is 0. The van der Waals surface area contributed by atoms with Crippen LogP contribution in [0.3, 0.4) is 0 Å². The number of aliphatic carboxylic acids is 1. The number of hydrogen-bond donors (Lipinski definition) is 2. The van der Waals surface area contributed by atoms with Gasteiger partial charge in [-0.3, -0.25) is 4.79 Å². The fourth-order valence-electron chi connectivity index (χ4n) is 0.353. The van der Waals surface area contributed by atoms with Crippen molar-refractivity contribution in [3.05, 3.63) is 0 Å². The van der Waals surface area contributed by atoms with Gasteiger partial charge in [0, 0.05) is 0 Å². The molecule has 4 heteroatoms. The fraction of sp³-hybridized carbons (Fsp3) is 0.800. The van der Waals surface area contributed by atoms with E-state index in [-0.39, 0.29) is 0 Å². The normalized spacial score (nSPS) is 13.1. The summed E-state index contributed by atoms with van der Waals surface area (Å²) >= 11 is 5.48. The zero-order valence-electron chi connectivity index (χ0n) is 5.20. The summed E-state index contributed by atoms with van der Waals surface area (Å²) in [7, 11) is 0. The van der Waals surface area contributed by atoms with Crippen LogP contribution in [0.5, 0.6) is 0 Å². The van der Waals surface area contributed by atoms with Gasteiger partial charge in [-0.2, -0.15) is 24.4 Å². The quantitative estimate of drug-likeness (QED) is 0.615. The third-order valence-corrected chi connectivity index (χ3v) is 2.00. The highest BCUT2D eigenvalue weighted by atomic mass is 32.2. The summed E-state index contributed by atoms with van der Waals surface area (Å²) in [5.41, 5.74) is 0. The second-order valence-electron chi connectivity index (χ2n) is 1.64. The molecular formula is C5H10O2S2. The van der Waals surface area contributed by atoms with Crippen molar-refractivity contribution < 1.29 is 9.90 Å². The van der Waals surface area contributed by atoms with E-state index >= 15 is 0 Å². The maximum Gasteiger partial charge on any atom is 0.316 e. The zero-order chi connectivity index (χ0) is 7.28. The summed E-state index contributed by atoms with van der Waals surface area (Å²) in [5.74, 6) is 0.0351. The second-order valence-corrected chi connectivity index (χ2v) is 3.24. The predicted molar refractivity (Wildman–Crippen MR) is 43.4 cm³/mol. The van der Waals surface area contributed by atoms with Crippen LogP contribution in [0.1, 0.15) is 6.42 Å². The highest BCUT2D eigenvalue weighted by Gasteiger charge is 2.09. The topological polar surface area (TPSA) is 37.3 Å². The number of carboxylic acid groups (broad SMARTS) is 1. The Kier molecular flexibility index (Phi) is 5.09. The van der Waals surface area contributed by atoms with E-state index in [4.69, 9.17) is 5.11 Å². The molecule has 0 spiro atoms. The van der Waals surface area contributed by atoms with Crippen molar-refractivity contribution in [2.45, 2.75) is 11.7 Å². The molecule has 0 aliphatic carbocycles. The molecule has 0 aromatic carbocycles. The molecule has 0 fully saturated rings. The maximum absolute atomic E-state index is 10.1. The first kappa shape index (κ1) is 9.17. The number of thioether (sulfide) groups is 1. The molecule has 0 radical (unpaired) electrons. The molecule has 0 aromatic rings. The smallest absolute Gasteiger partial charge is 0.316 e. The van der Waals surface area contributed by atoms with Gasteiger partial charge in [-0.1, -0.05) is 0 Å². The monoisotopic (exact) mass is 166 g/mol. The summed E-state index contributed by atoms with van der Waals surface area (Å²) in [6.45, 7) is 0. The first-order chi connectivity index (χ1) is 4.18. The van der Waals surface area contributed by atoms with Gasteiger partial charge in [-0.15, -0.1) is 0 Å². The van der Waals surface area contributed by atoms with Crippen molar-refractivity contribution in [1.82, 2.24) is 0 Å². The molecule has 9 heavy (non-hydrogen) atoms. The molecule has 0 amide bonds. The molecule has 0 bridgehead atoms. The van der Waals surface area contributed by atoms with Crippen molar-refractivity contribution in [2.24, 2.45) is 0 Å². The lowest BCUT2D eigenvalue weighted by atomic mass is 10.3. The van der Waals surface area contributed by atoms with Crippen molar-refractivity contribution >= 4 is 30.4 Å². The Hall–Kier alpha value is 0.170. The lowest BCUT2D eigenvalue weighted by molar-refractivity contribution is -0.136. The number of rotatable bonds is 4. The Morgan fingerprint density at radius 2 is 2.44 bits per heavy atom. The average molecular weight is 166 g/mol. The summed E-state index contributed by atoms with van der Waals surface area (Å²) in [5, 5.41) is 7.83. The minimum absolute atomic E-state index is 0.488. The molecule has 1 atom stereocenters. The SMILES string of the molecule is CSCCC(S)C(=O)O. The molecule has 0 saturated carbocycles. The van der Waals surface area contributed by atoms with Gasteiger partial charge in [0.25, 0.3) is 0 Å². The Morgan fingerprint density at radius 1 is 1.89 bits per heavy atom. The number of thiol groups is 1. The molecule has 54 valence electrons. The van der Waals surface area contributed by atoms with Gasteiger partial charge in [0.1, 0.15) is 5.25 Å². The van der Waals surface area contributed by atoms with Crippen molar-refractivity contribution in [1.29, 1.82) is 0 Å². The standard InChI is InChI=1S/C5H10O2S2/c1-9-3-2-4(8)5(6)7/h4,8H,2-3H2,1H3,(H,6,7). The number of carbonyl (C=O) groups is 1. The van der Waals surface area contributed by atoms with Gasteiger partial charge in [-0.05, 0) is 18.4 Å². The third-order valence-electron chi connectivity index (χ3n) is 0.880.